The standard InChI is InChI=1S/C14H18N2O/c1-9-6-5-7-12(10(9)2)14(17)13-8-15-11(3)16(13)4/h5-8,14,17H,1-4H3. The van der Waals surface area contributed by atoms with E-state index in [9.17, 15) is 5.11 Å². The Bertz CT molecular complexity index is 543. The van der Waals surface area contributed by atoms with Gasteiger partial charge in [-0.05, 0) is 37.5 Å². The van der Waals surface area contributed by atoms with Gasteiger partial charge in [-0.3, -0.25) is 0 Å². The molecule has 1 aromatic heterocycles. The third-order valence-corrected chi connectivity index (χ3v) is 3.48. The van der Waals surface area contributed by atoms with Crippen molar-refractivity contribution < 1.29 is 5.11 Å². The molecule has 0 aliphatic rings. The van der Waals surface area contributed by atoms with Crippen molar-refractivity contribution in [2.45, 2.75) is 26.9 Å². The summed E-state index contributed by atoms with van der Waals surface area (Å²) >= 11 is 0. The predicted molar refractivity (Wildman–Crippen MR) is 67.9 cm³/mol. The predicted octanol–water partition coefficient (Wildman–Crippen LogP) is 2.43. The first-order chi connectivity index (χ1) is 8.02. The number of aromatic nitrogens is 2. The molecule has 0 aliphatic carbocycles. The van der Waals surface area contributed by atoms with Crippen molar-refractivity contribution in [2.75, 3.05) is 0 Å². The molecule has 0 radical (unpaired) electrons. The summed E-state index contributed by atoms with van der Waals surface area (Å²) in [5, 5.41) is 10.4. The van der Waals surface area contributed by atoms with E-state index in [0.29, 0.717) is 0 Å². The number of nitrogens with zero attached hydrogens (tertiary/aromatic N) is 2. The lowest BCUT2D eigenvalue weighted by atomic mass is 9.98. The van der Waals surface area contributed by atoms with E-state index in [0.717, 1.165) is 22.6 Å². The molecular formula is C14H18N2O. The van der Waals surface area contributed by atoms with Gasteiger partial charge in [-0.1, -0.05) is 18.2 Å². The van der Waals surface area contributed by atoms with Crippen LogP contribution in [0.25, 0.3) is 0 Å². The van der Waals surface area contributed by atoms with Crippen molar-refractivity contribution >= 4 is 0 Å². The number of benzene rings is 1. The highest BCUT2D eigenvalue weighted by Gasteiger charge is 2.17. The zero-order valence-electron chi connectivity index (χ0n) is 10.7. The average Bonchev–Trinajstić information content (AvgIpc) is 2.63. The molecule has 2 rings (SSSR count). The van der Waals surface area contributed by atoms with Crippen molar-refractivity contribution in [3.05, 3.63) is 52.6 Å². The molecule has 2 aromatic rings. The molecule has 1 unspecified atom stereocenters. The molecule has 0 spiro atoms. The minimum Gasteiger partial charge on any atom is -0.382 e. The molecule has 0 aliphatic heterocycles. The first kappa shape index (κ1) is 11.9. The molecule has 0 fully saturated rings. The highest BCUT2D eigenvalue weighted by molar-refractivity contribution is 5.37. The van der Waals surface area contributed by atoms with Crippen LogP contribution in [0.3, 0.4) is 0 Å². The van der Waals surface area contributed by atoms with E-state index >= 15 is 0 Å². The molecule has 0 saturated carbocycles. The van der Waals surface area contributed by atoms with Crippen molar-refractivity contribution in [1.29, 1.82) is 0 Å². The maximum absolute atomic E-state index is 10.4. The van der Waals surface area contributed by atoms with Crippen molar-refractivity contribution in [3.63, 3.8) is 0 Å². The van der Waals surface area contributed by atoms with Gasteiger partial charge in [0.1, 0.15) is 11.9 Å². The summed E-state index contributed by atoms with van der Waals surface area (Å²) in [5.74, 6) is 0.907. The Hall–Kier alpha value is -1.61. The molecule has 3 nitrogen and oxygen atoms in total. The van der Waals surface area contributed by atoms with Crippen molar-refractivity contribution in [3.8, 4) is 0 Å². The Labute approximate surface area is 102 Å². The van der Waals surface area contributed by atoms with Gasteiger partial charge in [0.25, 0.3) is 0 Å². The number of rotatable bonds is 2. The fourth-order valence-corrected chi connectivity index (χ4v) is 2.00. The summed E-state index contributed by atoms with van der Waals surface area (Å²) < 4.78 is 1.92. The van der Waals surface area contributed by atoms with Crippen LogP contribution in [0.5, 0.6) is 0 Å². The van der Waals surface area contributed by atoms with Crippen LogP contribution in [0.15, 0.2) is 24.4 Å². The number of imidazole rings is 1. The van der Waals surface area contributed by atoms with Crippen LogP contribution in [0.2, 0.25) is 0 Å². The minimum atomic E-state index is -0.610. The lowest BCUT2D eigenvalue weighted by Gasteiger charge is -2.16. The highest BCUT2D eigenvalue weighted by atomic mass is 16.3. The van der Waals surface area contributed by atoms with E-state index in [4.69, 9.17) is 0 Å². The third-order valence-electron chi connectivity index (χ3n) is 3.48. The van der Waals surface area contributed by atoms with E-state index in [1.807, 2.05) is 37.6 Å². The number of hydrogen-bond donors (Lipinski definition) is 1. The van der Waals surface area contributed by atoms with E-state index in [1.165, 1.54) is 5.56 Å². The van der Waals surface area contributed by atoms with Crippen LogP contribution in [0.4, 0.5) is 0 Å². The summed E-state index contributed by atoms with van der Waals surface area (Å²) in [4.78, 5) is 4.22. The van der Waals surface area contributed by atoms with E-state index in [-0.39, 0.29) is 0 Å². The Morgan fingerprint density at radius 2 is 1.94 bits per heavy atom. The average molecular weight is 230 g/mol. The van der Waals surface area contributed by atoms with Gasteiger partial charge in [-0.2, -0.15) is 0 Å². The first-order valence-corrected chi connectivity index (χ1v) is 5.74. The van der Waals surface area contributed by atoms with Crippen LogP contribution in [0.1, 0.15) is 34.3 Å². The largest absolute Gasteiger partial charge is 0.382 e. The maximum Gasteiger partial charge on any atom is 0.121 e. The van der Waals surface area contributed by atoms with Crippen LogP contribution >= 0.6 is 0 Å². The number of aliphatic hydroxyl groups excluding tert-OH is 1. The van der Waals surface area contributed by atoms with Gasteiger partial charge < -0.3 is 9.67 Å². The summed E-state index contributed by atoms with van der Waals surface area (Å²) in [6.07, 6.45) is 1.13. The Kier molecular flexibility index (Phi) is 3.03. The number of hydrogen-bond acceptors (Lipinski definition) is 2. The second kappa shape index (κ2) is 4.34. The molecule has 1 N–H and O–H groups in total. The van der Waals surface area contributed by atoms with Gasteiger partial charge in [0, 0.05) is 7.05 Å². The monoisotopic (exact) mass is 230 g/mol. The summed E-state index contributed by atoms with van der Waals surface area (Å²) in [5.41, 5.74) is 4.11. The zero-order chi connectivity index (χ0) is 12.6. The number of aryl methyl sites for hydroxylation is 2. The molecule has 90 valence electrons. The number of aliphatic hydroxyl groups is 1. The third kappa shape index (κ3) is 1.98. The summed E-state index contributed by atoms with van der Waals surface area (Å²) in [7, 11) is 1.92. The smallest absolute Gasteiger partial charge is 0.121 e. The zero-order valence-corrected chi connectivity index (χ0v) is 10.7. The lowest BCUT2D eigenvalue weighted by Crippen LogP contribution is -2.08. The Balaban J connectivity index is 2.47. The molecule has 0 amide bonds. The van der Waals surface area contributed by atoms with Gasteiger partial charge in [0.2, 0.25) is 0 Å². The fourth-order valence-electron chi connectivity index (χ4n) is 2.00. The molecule has 0 saturated heterocycles. The molecule has 1 heterocycles. The van der Waals surface area contributed by atoms with Crippen molar-refractivity contribution in [2.24, 2.45) is 7.05 Å². The quantitative estimate of drug-likeness (QED) is 0.860. The summed E-state index contributed by atoms with van der Waals surface area (Å²) in [6, 6.07) is 6.00. The molecule has 17 heavy (non-hydrogen) atoms. The van der Waals surface area contributed by atoms with E-state index in [2.05, 4.69) is 18.0 Å². The van der Waals surface area contributed by atoms with Crippen LogP contribution in [-0.2, 0) is 7.05 Å². The van der Waals surface area contributed by atoms with Gasteiger partial charge in [0.05, 0.1) is 11.9 Å². The normalized spacial score (nSPS) is 12.8. The topological polar surface area (TPSA) is 38.1 Å². The molecule has 0 bridgehead atoms. The lowest BCUT2D eigenvalue weighted by molar-refractivity contribution is 0.210. The van der Waals surface area contributed by atoms with E-state index in [1.54, 1.807) is 6.20 Å². The van der Waals surface area contributed by atoms with Gasteiger partial charge in [-0.15, -0.1) is 0 Å². The fraction of sp³-hybridized carbons (Fsp3) is 0.357. The second-order valence-corrected chi connectivity index (χ2v) is 4.48. The van der Waals surface area contributed by atoms with Gasteiger partial charge >= 0.3 is 0 Å². The SMILES string of the molecule is Cc1cccc(C(O)c2cnc(C)n2C)c1C. The maximum atomic E-state index is 10.4. The Morgan fingerprint density at radius 1 is 1.24 bits per heavy atom. The van der Waals surface area contributed by atoms with Crippen LogP contribution in [0, 0.1) is 20.8 Å². The molecular weight excluding hydrogens is 212 g/mol. The van der Waals surface area contributed by atoms with Gasteiger partial charge in [0.15, 0.2) is 0 Å². The van der Waals surface area contributed by atoms with Crippen LogP contribution in [-0.4, -0.2) is 14.7 Å². The summed E-state index contributed by atoms with van der Waals surface area (Å²) in [6.45, 7) is 6.02. The molecule has 1 atom stereocenters. The van der Waals surface area contributed by atoms with Crippen LogP contribution < -0.4 is 0 Å². The highest BCUT2D eigenvalue weighted by Crippen LogP contribution is 2.26. The minimum absolute atomic E-state index is 0.610. The van der Waals surface area contributed by atoms with Gasteiger partial charge in [-0.25, -0.2) is 4.98 Å². The second-order valence-electron chi connectivity index (χ2n) is 4.48. The molecule has 3 heteroatoms. The first-order valence-electron chi connectivity index (χ1n) is 5.74. The molecule has 1 aromatic carbocycles. The van der Waals surface area contributed by atoms with Crippen molar-refractivity contribution in [1.82, 2.24) is 9.55 Å². The Morgan fingerprint density at radius 3 is 2.53 bits per heavy atom. The van der Waals surface area contributed by atoms with E-state index < -0.39 is 6.10 Å².